The highest BCUT2D eigenvalue weighted by Gasteiger charge is 2.46. The van der Waals surface area contributed by atoms with Crippen LogP contribution in [0.5, 0.6) is 11.5 Å². The number of amides is 1. The summed E-state index contributed by atoms with van der Waals surface area (Å²) in [5, 5.41) is 11.9. The molecule has 2 aliphatic rings. The van der Waals surface area contributed by atoms with Crippen LogP contribution in [0.3, 0.4) is 0 Å². The monoisotopic (exact) mass is 513 g/mol. The Labute approximate surface area is 211 Å². The first-order chi connectivity index (χ1) is 16.9. The van der Waals surface area contributed by atoms with Gasteiger partial charge in [-0.15, -0.1) is 0 Å². The molecule has 1 amide bonds. The molecule has 0 saturated carbocycles. The molecule has 1 unspecified atom stereocenters. The number of aliphatic hydroxyl groups is 1. The number of carbonyl (C=O) groups excluding carboxylic acids is 2. The van der Waals surface area contributed by atoms with E-state index in [-0.39, 0.29) is 22.9 Å². The molecule has 0 radical (unpaired) electrons. The van der Waals surface area contributed by atoms with Gasteiger partial charge in [0.1, 0.15) is 19.0 Å². The van der Waals surface area contributed by atoms with Crippen molar-refractivity contribution in [3.63, 3.8) is 0 Å². The predicted octanol–water partition coefficient (Wildman–Crippen LogP) is 4.47. The lowest BCUT2D eigenvalue weighted by Crippen LogP contribution is -2.31. The van der Waals surface area contributed by atoms with E-state index < -0.39 is 17.7 Å². The zero-order valence-electron chi connectivity index (χ0n) is 18.5. The first-order valence-corrected chi connectivity index (χ1v) is 11.8. The van der Waals surface area contributed by atoms with Gasteiger partial charge in [0.05, 0.1) is 28.0 Å². The van der Waals surface area contributed by atoms with E-state index in [0.717, 1.165) is 0 Å². The average Bonchev–Trinajstić information content (AvgIpc) is 3.47. The molecule has 2 aromatic carbocycles. The molecule has 3 heterocycles. The minimum absolute atomic E-state index is 0.0207. The number of aryl methyl sites for hydroxylation is 1. The zero-order valence-corrected chi connectivity index (χ0v) is 20.0. The SMILES string of the molecule is O=C1C(=O)N(CCCn2ccnc2)C(c2ccc(Cl)c(Cl)c2)/C1=C(\O)c1ccc2c(c1)OCCO2. The molecule has 3 aromatic rings. The van der Waals surface area contributed by atoms with E-state index in [1.165, 1.54) is 4.90 Å². The summed E-state index contributed by atoms with van der Waals surface area (Å²) >= 11 is 12.4. The van der Waals surface area contributed by atoms with Crippen molar-refractivity contribution in [1.82, 2.24) is 14.5 Å². The number of aliphatic hydroxyl groups excluding tert-OH is 1. The maximum atomic E-state index is 13.2. The fraction of sp³-hybridized carbons (Fsp3) is 0.240. The minimum Gasteiger partial charge on any atom is -0.507 e. The van der Waals surface area contributed by atoms with Crippen molar-refractivity contribution in [3.8, 4) is 11.5 Å². The van der Waals surface area contributed by atoms with Gasteiger partial charge in [-0.2, -0.15) is 0 Å². The van der Waals surface area contributed by atoms with E-state index in [0.29, 0.717) is 53.8 Å². The number of carbonyl (C=O) groups is 2. The van der Waals surface area contributed by atoms with Gasteiger partial charge in [-0.05, 0) is 42.3 Å². The second-order valence-electron chi connectivity index (χ2n) is 8.18. The first-order valence-electron chi connectivity index (χ1n) is 11.0. The number of ether oxygens (including phenoxy) is 2. The van der Waals surface area contributed by atoms with Crippen LogP contribution >= 0.6 is 23.2 Å². The van der Waals surface area contributed by atoms with Crippen LogP contribution in [0.1, 0.15) is 23.6 Å². The third-order valence-electron chi connectivity index (χ3n) is 5.99. The summed E-state index contributed by atoms with van der Waals surface area (Å²) in [5.41, 5.74) is 0.892. The number of aromatic nitrogens is 2. The molecule has 1 N–H and O–H groups in total. The third-order valence-corrected chi connectivity index (χ3v) is 6.73. The van der Waals surface area contributed by atoms with Gasteiger partial charge in [0, 0.05) is 31.0 Å². The average molecular weight is 514 g/mol. The molecular weight excluding hydrogens is 493 g/mol. The third kappa shape index (κ3) is 4.47. The maximum absolute atomic E-state index is 13.2. The van der Waals surface area contributed by atoms with Crippen molar-refractivity contribution >= 4 is 40.7 Å². The summed E-state index contributed by atoms with van der Waals surface area (Å²) < 4.78 is 13.0. The normalized spacial score (nSPS) is 18.8. The number of Topliss-reactive ketones (excluding diaryl/α,β-unsaturated/α-hetero) is 1. The molecule has 2 aliphatic heterocycles. The topological polar surface area (TPSA) is 93.9 Å². The lowest BCUT2D eigenvalue weighted by molar-refractivity contribution is -0.139. The van der Waals surface area contributed by atoms with Gasteiger partial charge in [-0.25, -0.2) is 4.98 Å². The van der Waals surface area contributed by atoms with Crippen LogP contribution in [0.15, 0.2) is 60.7 Å². The molecule has 180 valence electrons. The minimum atomic E-state index is -0.833. The molecule has 0 aliphatic carbocycles. The quantitative estimate of drug-likeness (QED) is 0.296. The van der Waals surface area contributed by atoms with E-state index in [2.05, 4.69) is 4.98 Å². The number of likely N-dealkylation sites (tertiary alicyclic amines) is 1. The second kappa shape index (κ2) is 9.64. The van der Waals surface area contributed by atoms with Gasteiger partial charge >= 0.3 is 0 Å². The highest BCUT2D eigenvalue weighted by Crippen LogP contribution is 2.42. The number of halogens is 2. The number of fused-ring (bicyclic) bond motifs is 1. The Hall–Kier alpha value is -3.49. The summed E-state index contributed by atoms with van der Waals surface area (Å²) in [4.78, 5) is 31.8. The molecular formula is C25H21Cl2N3O5. The summed E-state index contributed by atoms with van der Waals surface area (Å²) in [5.74, 6) is -0.745. The summed E-state index contributed by atoms with van der Waals surface area (Å²) in [6.45, 7) is 1.70. The number of hydrogen-bond acceptors (Lipinski definition) is 6. The Balaban J connectivity index is 1.55. The molecule has 10 heteroatoms. The fourth-order valence-corrected chi connectivity index (χ4v) is 4.63. The second-order valence-corrected chi connectivity index (χ2v) is 8.99. The number of benzene rings is 2. The van der Waals surface area contributed by atoms with Crippen molar-refractivity contribution in [2.45, 2.75) is 19.0 Å². The van der Waals surface area contributed by atoms with E-state index in [1.807, 2.05) is 10.8 Å². The van der Waals surface area contributed by atoms with Crippen LogP contribution in [0.2, 0.25) is 10.0 Å². The van der Waals surface area contributed by atoms with E-state index in [1.54, 1.807) is 48.9 Å². The Morgan fingerprint density at radius 1 is 1.03 bits per heavy atom. The van der Waals surface area contributed by atoms with Crippen molar-refractivity contribution < 1.29 is 24.2 Å². The number of hydrogen-bond donors (Lipinski definition) is 1. The Morgan fingerprint density at radius 2 is 1.83 bits per heavy atom. The van der Waals surface area contributed by atoms with Gasteiger partial charge in [-0.3, -0.25) is 9.59 Å². The van der Waals surface area contributed by atoms with Gasteiger partial charge in [0.2, 0.25) is 0 Å². The van der Waals surface area contributed by atoms with E-state index >= 15 is 0 Å². The smallest absolute Gasteiger partial charge is 0.295 e. The molecule has 5 rings (SSSR count). The van der Waals surface area contributed by atoms with Gasteiger partial charge in [-0.1, -0.05) is 29.3 Å². The van der Waals surface area contributed by atoms with Crippen molar-refractivity contribution in [3.05, 3.63) is 81.9 Å². The fourth-order valence-electron chi connectivity index (χ4n) is 4.33. The van der Waals surface area contributed by atoms with Gasteiger partial charge in [0.15, 0.2) is 11.5 Å². The highest BCUT2D eigenvalue weighted by molar-refractivity contribution is 6.46. The van der Waals surface area contributed by atoms with Crippen molar-refractivity contribution in [1.29, 1.82) is 0 Å². The number of ketones is 1. The summed E-state index contributed by atoms with van der Waals surface area (Å²) in [7, 11) is 0. The van der Waals surface area contributed by atoms with Gasteiger partial charge < -0.3 is 24.0 Å². The van der Waals surface area contributed by atoms with Crippen LogP contribution in [-0.2, 0) is 16.1 Å². The molecule has 0 spiro atoms. The Kier molecular flexibility index (Phi) is 6.40. The van der Waals surface area contributed by atoms with E-state index in [4.69, 9.17) is 32.7 Å². The maximum Gasteiger partial charge on any atom is 0.295 e. The standard InChI is InChI=1S/C25H21Cl2N3O5/c26-17-4-2-15(12-18(17)27)22-21(23(31)16-3-5-19-20(13-16)35-11-10-34-19)24(32)25(33)30(22)8-1-7-29-9-6-28-14-29/h2-6,9,12-14,22,31H,1,7-8,10-11H2/b23-21+. The van der Waals surface area contributed by atoms with Crippen LogP contribution in [-0.4, -0.2) is 51.0 Å². The Bertz CT molecular complexity index is 1320. The van der Waals surface area contributed by atoms with Gasteiger partial charge in [0.25, 0.3) is 11.7 Å². The number of nitrogens with zero attached hydrogens (tertiary/aromatic N) is 3. The predicted molar refractivity (Wildman–Crippen MR) is 130 cm³/mol. The Morgan fingerprint density at radius 3 is 2.57 bits per heavy atom. The molecule has 1 fully saturated rings. The molecule has 1 atom stereocenters. The van der Waals surface area contributed by atoms with Crippen LogP contribution in [0, 0.1) is 0 Å². The van der Waals surface area contributed by atoms with Crippen molar-refractivity contribution in [2.24, 2.45) is 0 Å². The van der Waals surface area contributed by atoms with Crippen LogP contribution in [0.25, 0.3) is 5.76 Å². The number of imidazole rings is 1. The first kappa shape index (κ1) is 23.3. The number of rotatable bonds is 6. The molecule has 8 nitrogen and oxygen atoms in total. The molecule has 0 bridgehead atoms. The zero-order chi connectivity index (χ0) is 24.5. The summed E-state index contributed by atoms with van der Waals surface area (Å²) in [6, 6.07) is 8.98. The molecule has 35 heavy (non-hydrogen) atoms. The van der Waals surface area contributed by atoms with E-state index in [9.17, 15) is 14.7 Å². The highest BCUT2D eigenvalue weighted by atomic mass is 35.5. The van der Waals surface area contributed by atoms with Crippen LogP contribution in [0.4, 0.5) is 0 Å². The van der Waals surface area contributed by atoms with Crippen molar-refractivity contribution in [2.75, 3.05) is 19.8 Å². The largest absolute Gasteiger partial charge is 0.507 e. The lowest BCUT2D eigenvalue weighted by Gasteiger charge is -2.26. The lowest BCUT2D eigenvalue weighted by atomic mass is 9.95. The molecule has 1 saturated heterocycles. The molecule has 1 aromatic heterocycles. The summed E-state index contributed by atoms with van der Waals surface area (Å²) in [6.07, 6.45) is 5.76. The van der Waals surface area contributed by atoms with Crippen LogP contribution < -0.4 is 9.47 Å².